The minimum absolute atomic E-state index is 0.00637. The van der Waals surface area contributed by atoms with E-state index in [1.165, 1.54) is 10.4 Å². The smallest absolute Gasteiger partial charge is 0.261 e. The average molecular weight is 541 g/mol. The summed E-state index contributed by atoms with van der Waals surface area (Å²) in [5, 5.41) is 13.4. The Kier molecular flexibility index (Phi) is 8.65. The van der Waals surface area contributed by atoms with Crippen LogP contribution in [0.5, 0.6) is 0 Å². The number of aromatic nitrogens is 2. The van der Waals surface area contributed by atoms with E-state index in [2.05, 4.69) is 144 Å². The van der Waals surface area contributed by atoms with Crippen molar-refractivity contribution >= 4 is 18.7 Å². The van der Waals surface area contributed by atoms with Crippen molar-refractivity contribution in [3.05, 3.63) is 103 Å². The maximum Gasteiger partial charge on any atom is 0.261 e. The van der Waals surface area contributed by atoms with Gasteiger partial charge in [-0.25, -0.2) is 4.98 Å². The third kappa shape index (κ3) is 6.43. The van der Waals surface area contributed by atoms with Crippen LogP contribution in [0.15, 0.2) is 91.1 Å². The highest BCUT2D eigenvalue weighted by Crippen LogP contribution is 2.37. The molecule has 5 heteroatoms. The number of benzene rings is 3. The van der Waals surface area contributed by atoms with Crippen molar-refractivity contribution in [1.29, 1.82) is 0 Å². The van der Waals surface area contributed by atoms with Gasteiger partial charge in [-0.05, 0) is 33.8 Å². The largest absolute Gasteiger partial charge is 0.407 e. The normalized spacial score (nSPS) is 13.4. The summed E-state index contributed by atoms with van der Waals surface area (Å²) in [5.74, 6) is 1.07. The van der Waals surface area contributed by atoms with Crippen LogP contribution < -0.4 is 10.4 Å². The first-order valence-electron chi connectivity index (χ1n) is 14.0. The first kappa shape index (κ1) is 29.0. The molecule has 206 valence electrons. The maximum atomic E-state index is 11.0. The SMILES string of the molecule is Cn1cc(-c2ccc(C[C@H](O)CCO[Si](c3ccccc3)(c3ccccc3)C(C)(C)C)cc2)nc1C(C)(C)C. The summed E-state index contributed by atoms with van der Waals surface area (Å²) in [5.41, 5.74) is 3.18. The van der Waals surface area contributed by atoms with Crippen molar-refractivity contribution < 1.29 is 9.53 Å². The lowest BCUT2D eigenvalue weighted by Gasteiger charge is -2.43. The van der Waals surface area contributed by atoms with E-state index >= 15 is 0 Å². The van der Waals surface area contributed by atoms with E-state index in [4.69, 9.17) is 9.41 Å². The van der Waals surface area contributed by atoms with Gasteiger partial charge >= 0.3 is 0 Å². The van der Waals surface area contributed by atoms with E-state index in [1.807, 2.05) is 0 Å². The highest BCUT2D eigenvalue weighted by Gasteiger charge is 2.50. The molecule has 0 unspecified atom stereocenters. The predicted molar refractivity (Wildman–Crippen MR) is 165 cm³/mol. The van der Waals surface area contributed by atoms with Gasteiger partial charge in [-0.2, -0.15) is 0 Å². The summed E-state index contributed by atoms with van der Waals surface area (Å²) < 4.78 is 9.07. The van der Waals surface area contributed by atoms with Gasteiger partial charge in [0.2, 0.25) is 0 Å². The van der Waals surface area contributed by atoms with Crippen LogP contribution >= 0.6 is 0 Å². The van der Waals surface area contributed by atoms with Gasteiger partial charge in [0, 0.05) is 30.8 Å². The monoisotopic (exact) mass is 540 g/mol. The van der Waals surface area contributed by atoms with Crippen molar-refractivity contribution in [2.24, 2.45) is 7.05 Å². The van der Waals surface area contributed by atoms with Crippen molar-refractivity contribution in [3.8, 4) is 11.3 Å². The molecule has 0 aliphatic rings. The van der Waals surface area contributed by atoms with Gasteiger partial charge in [0.25, 0.3) is 8.32 Å². The van der Waals surface area contributed by atoms with E-state index in [9.17, 15) is 5.11 Å². The lowest BCUT2D eigenvalue weighted by molar-refractivity contribution is 0.136. The summed E-state index contributed by atoms with van der Waals surface area (Å²) in [6, 6.07) is 29.7. The van der Waals surface area contributed by atoms with Crippen LogP contribution in [0.4, 0.5) is 0 Å². The molecule has 1 N–H and O–H groups in total. The van der Waals surface area contributed by atoms with Crippen LogP contribution in [0.2, 0.25) is 5.04 Å². The second kappa shape index (κ2) is 11.6. The Morgan fingerprint density at radius 1 is 0.821 bits per heavy atom. The van der Waals surface area contributed by atoms with Crippen LogP contribution in [0.1, 0.15) is 59.4 Å². The van der Waals surface area contributed by atoms with E-state index in [-0.39, 0.29) is 10.5 Å². The van der Waals surface area contributed by atoms with Gasteiger partial charge in [0.05, 0.1) is 11.8 Å². The number of hydrogen-bond acceptors (Lipinski definition) is 3. The molecule has 0 amide bonds. The molecule has 0 saturated heterocycles. The molecule has 1 aromatic heterocycles. The fourth-order valence-electron chi connectivity index (χ4n) is 5.60. The lowest BCUT2D eigenvalue weighted by atomic mass is 9.96. The Morgan fingerprint density at radius 3 is 1.82 bits per heavy atom. The molecule has 0 fully saturated rings. The highest BCUT2D eigenvalue weighted by atomic mass is 28.4. The molecule has 0 radical (unpaired) electrons. The average Bonchev–Trinajstić information content (AvgIpc) is 3.29. The van der Waals surface area contributed by atoms with Crippen LogP contribution in [-0.4, -0.2) is 35.7 Å². The fourth-order valence-corrected chi connectivity index (χ4v) is 10.2. The Morgan fingerprint density at radius 2 is 1.36 bits per heavy atom. The van der Waals surface area contributed by atoms with E-state index in [1.54, 1.807) is 0 Å². The van der Waals surface area contributed by atoms with Crippen LogP contribution in [0.3, 0.4) is 0 Å². The van der Waals surface area contributed by atoms with E-state index in [0.717, 1.165) is 22.6 Å². The van der Waals surface area contributed by atoms with Gasteiger partial charge < -0.3 is 14.1 Å². The van der Waals surface area contributed by atoms with Gasteiger partial charge in [0.15, 0.2) is 0 Å². The van der Waals surface area contributed by atoms with Crippen LogP contribution in [0, 0.1) is 0 Å². The maximum absolute atomic E-state index is 11.0. The number of nitrogens with zero attached hydrogens (tertiary/aromatic N) is 2. The molecular weight excluding hydrogens is 496 g/mol. The van der Waals surface area contributed by atoms with Gasteiger partial charge in [-0.1, -0.05) is 126 Å². The van der Waals surface area contributed by atoms with Crippen molar-refractivity contribution in [2.45, 2.75) is 70.9 Å². The second-order valence-electron chi connectivity index (χ2n) is 12.7. The molecule has 1 heterocycles. The minimum atomic E-state index is -2.59. The molecule has 0 aliphatic heterocycles. The Balaban J connectivity index is 1.45. The van der Waals surface area contributed by atoms with Crippen LogP contribution in [0.25, 0.3) is 11.3 Å². The topological polar surface area (TPSA) is 47.3 Å². The summed E-state index contributed by atoms with van der Waals surface area (Å²) >= 11 is 0. The zero-order valence-electron chi connectivity index (χ0n) is 24.6. The molecule has 0 bridgehead atoms. The molecule has 1 atom stereocenters. The van der Waals surface area contributed by atoms with Crippen LogP contribution in [-0.2, 0) is 23.3 Å². The number of aryl methyl sites for hydroxylation is 1. The van der Waals surface area contributed by atoms with E-state index < -0.39 is 14.4 Å². The van der Waals surface area contributed by atoms with Crippen molar-refractivity contribution in [1.82, 2.24) is 9.55 Å². The number of hydrogen-bond donors (Lipinski definition) is 1. The van der Waals surface area contributed by atoms with Crippen molar-refractivity contribution in [3.63, 3.8) is 0 Å². The number of rotatable bonds is 9. The minimum Gasteiger partial charge on any atom is -0.407 e. The van der Waals surface area contributed by atoms with Crippen molar-refractivity contribution in [2.75, 3.05) is 6.61 Å². The van der Waals surface area contributed by atoms with Gasteiger partial charge in [0.1, 0.15) is 5.82 Å². The molecule has 4 nitrogen and oxygen atoms in total. The molecule has 39 heavy (non-hydrogen) atoms. The number of aliphatic hydroxyl groups is 1. The zero-order chi connectivity index (χ0) is 28.3. The molecule has 0 aliphatic carbocycles. The first-order valence-corrected chi connectivity index (χ1v) is 15.9. The third-order valence-electron chi connectivity index (χ3n) is 7.45. The highest BCUT2D eigenvalue weighted by molar-refractivity contribution is 6.99. The quantitative estimate of drug-likeness (QED) is 0.255. The molecule has 4 rings (SSSR count). The molecule has 0 saturated carbocycles. The first-order chi connectivity index (χ1) is 18.4. The zero-order valence-corrected chi connectivity index (χ0v) is 25.6. The third-order valence-corrected chi connectivity index (χ3v) is 12.5. The summed E-state index contributed by atoms with van der Waals surface area (Å²) in [7, 11) is -0.537. The standard InChI is InChI=1S/C34H44N2O2Si/c1-33(2,3)32-35-31(25-36(32)7)27-20-18-26(19-21-27)24-28(37)22-23-38-39(34(4,5)6,29-14-10-8-11-15-29)30-16-12-9-13-17-30/h8-21,25,28,37H,22-24H2,1-7H3/t28-/m1/s1. The van der Waals surface area contributed by atoms with E-state index in [0.29, 0.717) is 19.4 Å². The fraction of sp³-hybridized carbons (Fsp3) is 0.382. The molecule has 0 spiro atoms. The number of aliphatic hydroxyl groups excluding tert-OH is 1. The molecule has 4 aromatic rings. The Hall–Kier alpha value is -2.99. The number of imidazole rings is 1. The Labute approximate surface area is 235 Å². The lowest BCUT2D eigenvalue weighted by Crippen LogP contribution is -2.66. The summed E-state index contributed by atoms with van der Waals surface area (Å²) in [6.07, 6.45) is 2.80. The summed E-state index contributed by atoms with van der Waals surface area (Å²) in [4.78, 5) is 4.88. The van der Waals surface area contributed by atoms with Gasteiger partial charge in [-0.3, -0.25) is 0 Å². The van der Waals surface area contributed by atoms with Gasteiger partial charge in [-0.15, -0.1) is 0 Å². The Bertz CT molecular complexity index is 1290. The second-order valence-corrected chi connectivity index (χ2v) is 17.0. The predicted octanol–water partition coefficient (Wildman–Crippen LogP) is 6.25. The molecular formula is C34H44N2O2Si. The molecule has 3 aromatic carbocycles. The summed E-state index contributed by atoms with van der Waals surface area (Å²) in [6.45, 7) is 13.9.